The second-order valence-corrected chi connectivity index (χ2v) is 7.56. The van der Waals surface area contributed by atoms with Gasteiger partial charge in [-0.15, -0.1) is 0 Å². The number of carbonyl (C=O) groups is 1. The lowest BCUT2D eigenvalue weighted by molar-refractivity contribution is -0.124. The van der Waals surface area contributed by atoms with E-state index in [2.05, 4.69) is 47.0 Å². The molecule has 0 fully saturated rings. The number of nitrogens with zero attached hydrogens (tertiary/aromatic N) is 2. The first-order chi connectivity index (χ1) is 15.7. The monoisotopic (exact) mass is 423 g/mol. The van der Waals surface area contributed by atoms with Gasteiger partial charge in [-0.2, -0.15) is 0 Å². The third kappa shape index (κ3) is 4.85. The maximum atomic E-state index is 11.4. The number of aryl methyl sites for hydroxylation is 2. The second-order valence-electron chi connectivity index (χ2n) is 7.56. The van der Waals surface area contributed by atoms with Crippen molar-refractivity contribution in [2.45, 2.75) is 19.9 Å². The summed E-state index contributed by atoms with van der Waals surface area (Å²) >= 11 is 0. The van der Waals surface area contributed by atoms with Crippen LogP contribution in [0.1, 0.15) is 16.8 Å². The number of hydrogen-bond acceptors (Lipinski definition) is 3. The summed E-state index contributed by atoms with van der Waals surface area (Å²) in [5.41, 5.74) is 7.86. The molecule has 32 heavy (non-hydrogen) atoms. The van der Waals surface area contributed by atoms with Crippen LogP contribution in [-0.4, -0.2) is 20.7 Å². The number of rotatable bonds is 7. The molecule has 0 radical (unpaired) electrons. The molecule has 1 aromatic heterocycles. The molecule has 5 heteroatoms. The summed E-state index contributed by atoms with van der Waals surface area (Å²) < 4.78 is 2.28. The Balaban J connectivity index is 1.77. The third-order valence-corrected chi connectivity index (χ3v) is 5.34. The number of hydrogen-bond donors (Lipinski definition) is 2. The Morgan fingerprint density at radius 3 is 2.38 bits per heavy atom. The smallest absolute Gasteiger partial charge is 0.267 e. The molecule has 4 rings (SSSR count). The summed E-state index contributed by atoms with van der Waals surface area (Å²) in [6, 6.07) is 28.6. The quantitative estimate of drug-likeness (QED) is 0.241. The highest BCUT2D eigenvalue weighted by Gasteiger charge is 2.17. The van der Waals surface area contributed by atoms with Crippen LogP contribution >= 0.6 is 0 Å². The molecule has 0 aliphatic heterocycles. The van der Waals surface area contributed by atoms with E-state index in [4.69, 9.17) is 10.2 Å². The molecule has 160 valence electrons. The van der Waals surface area contributed by atoms with Crippen molar-refractivity contribution in [1.29, 1.82) is 0 Å². The molecule has 0 aliphatic carbocycles. The SMILES string of the molecule is Cc1nc(-c2ccccc2)n(CCc2ccccc2)c1-c1cccc(/C=C/C(=O)NO)c1. The van der Waals surface area contributed by atoms with Crippen LogP contribution < -0.4 is 5.48 Å². The Morgan fingerprint density at radius 1 is 0.969 bits per heavy atom. The van der Waals surface area contributed by atoms with Gasteiger partial charge >= 0.3 is 0 Å². The number of carbonyl (C=O) groups excluding carboxylic acids is 1. The van der Waals surface area contributed by atoms with Crippen molar-refractivity contribution in [1.82, 2.24) is 15.0 Å². The van der Waals surface area contributed by atoms with Crippen LogP contribution in [0.3, 0.4) is 0 Å². The van der Waals surface area contributed by atoms with Crippen LogP contribution in [-0.2, 0) is 17.8 Å². The molecule has 4 aromatic rings. The van der Waals surface area contributed by atoms with Crippen LogP contribution in [0, 0.1) is 6.92 Å². The average molecular weight is 424 g/mol. The Morgan fingerprint density at radius 2 is 1.66 bits per heavy atom. The molecular formula is C27H25N3O2. The largest absolute Gasteiger partial charge is 0.323 e. The highest BCUT2D eigenvalue weighted by Crippen LogP contribution is 2.31. The Kier molecular flexibility index (Phi) is 6.58. The topological polar surface area (TPSA) is 67.2 Å². The maximum absolute atomic E-state index is 11.4. The number of aromatic nitrogens is 2. The van der Waals surface area contributed by atoms with Gasteiger partial charge in [0.1, 0.15) is 5.82 Å². The highest BCUT2D eigenvalue weighted by molar-refractivity contribution is 5.91. The fraction of sp³-hybridized carbons (Fsp3) is 0.111. The van der Waals surface area contributed by atoms with Crippen molar-refractivity contribution in [3.63, 3.8) is 0 Å². The van der Waals surface area contributed by atoms with Crippen LogP contribution in [0.4, 0.5) is 0 Å². The zero-order valence-electron chi connectivity index (χ0n) is 17.9. The third-order valence-electron chi connectivity index (χ3n) is 5.34. The standard InChI is InChI=1S/C27H25N3O2/c1-20-26(24-14-8-11-22(19-24)15-16-25(31)29-32)30(18-17-21-9-4-2-5-10-21)27(28-20)23-12-6-3-7-13-23/h2-16,19,32H,17-18H2,1H3,(H,29,31)/b16-15+. The lowest BCUT2D eigenvalue weighted by Gasteiger charge is -2.14. The van der Waals surface area contributed by atoms with Crippen molar-refractivity contribution in [2.75, 3.05) is 0 Å². The zero-order valence-corrected chi connectivity index (χ0v) is 17.9. The highest BCUT2D eigenvalue weighted by atomic mass is 16.5. The molecule has 3 aromatic carbocycles. The van der Waals surface area contributed by atoms with E-state index in [1.165, 1.54) is 11.6 Å². The van der Waals surface area contributed by atoms with E-state index >= 15 is 0 Å². The molecular weight excluding hydrogens is 398 g/mol. The summed E-state index contributed by atoms with van der Waals surface area (Å²) in [5, 5.41) is 8.72. The van der Waals surface area contributed by atoms with Gasteiger partial charge < -0.3 is 4.57 Å². The number of imidazole rings is 1. The molecule has 0 aliphatic rings. The van der Waals surface area contributed by atoms with E-state index in [0.717, 1.165) is 46.9 Å². The fourth-order valence-corrected chi connectivity index (χ4v) is 3.85. The normalized spacial score (nSPS) is 11.1. The fourth-order valence-electron chi connectivity index (χ4n) is 3.85. The first-order valence-electron chi connectivity index (χ1n) is 10.5. The summed E-state index contributed by atoms with van der Waals surface area (Å²) in [5.74, 6) is 0.375. The van der Waals surface area contributed by atoms with Crippen LogP contribution in [0.5, 0.6) is 0 Å². The molecule has 0 saturated heterocycles. The van der Waals surface area contributed by atoms with E-state index in [9.17, 15) is 4.79 Å². The number of amides is 1. The minimum absolute atomic E-state index is 0.564. The van der Waals surface area contributed by atoms with Crippen LogP contribution in [0.15, 0.2) is 91.0 Å². The first kappa shape index (κ1) is 21.3. The Labute approximate surface area is 187 Å². The maximum Gasteiger partial charge on any atom is 0.267 e. The van der Waals surface area contributed by atoms with E-state index in [1.54, 1.807) is 11.6 Å². The molecule has 1 amide bonds. The summed E-state index contributed by atoms with van der Waals surface area (Å²) in [7, 11) is 0. The van der Waals surface area contributed by atoms with Crippen LogP contribution in [0.2, 0.25) is 0 Å². The van der Waals surface area contributed by atoms with Crippen molar-refractivity contribution in [3.05, 3.63) is 108 Å². The summed E-state index contributed by atoms with van der Waals surface area (Å²) in [6.45, 7) is 2.82. The molecule has 0 unspecified atom stereocenters. The first-order valence-corrected chi connectivity index (χ1v) is 10.5. The van der Waals surface area contributed by atoms with Gasteiger partial charge in [0.2, 0.25) is 0 Å². The molecule has 0 saturated carbocycles. The minimum Gasteiger partial charge on any atom is -0.323 e. The van der Waals surface area contributed by atoms with E-state index in [0.29, 0.717) is 0 Å². The average Bonchev–Trinajstić information content (AvgIpc) is 3.18. The van der Waals surface area contributed by atoms with Crippen LogP contribution in [0.25, 0.3) is 28.7 Å². The molecule has 1 heterocycles. The van der Waals surface area contributed by atoms with Gasteiger partial charge in [-0.05, 0) is 36.6 Å². The van der Waals surface area contributed by atoms with Gasteiger partial charge in [0.25, 0.3) is 5.91 Å². The Hall–Kier alpha value is -3.96. The number of nitrogens with one attached hydrogen (secondary N) is 1. The lowest BCUT2D eigenvalue weighted by Crippen LogP contribution is -2.14. The molecule has 0 bridgehead atoms. The van der Waals surface area contributed by atoms with Crippen molar-refractivity contribution in [3.8, 4) is 22.6 Å². The lowest BCUT2D eigenvalue weighted by atomic mass is 10.1. The second kappa shape index (κ2) is 9.90. The molecule has 2 N–H and O–H groups in total. The van der Waals surface area contributed by atoms with Gasteiger partial charge in [-0.3, -0.25) is 10.0 Å². The number of hydroxylamine groups is 1. The predicted molar refractivity (Wildman–Crippen MR) is 127 cm³/mol. The number of benzene rings is 3. The van der Waals surface area contributed by atoms with E-state index in [1.807, 2.05) is 49.4 Å². The van der Waals surface area contributed by atoms with E-state index < -0.39 is 5.91 Å². The van der Waals surface area contributed by atoms with Crippen molar-refractivity contribution < 1.29 is 10.0 Å². The van der Waals surface area contributed by atoms with Gasteiger partial charge in [-0.25, -0.2) is 10.5 Å². The van der Waals surface area contributed by atoms with E-state index in [-0.39, 0.29) is 0 Å². The van der Waals surface area contributed by atoms with Gasteiger partial charge in [-0.1, -0.05) is 78.9 Å². The predicted octanol–water partition coefficient (Wildman–Crippen LogP) is 5.29. The summed E-state index contributed by atoms with van der Waals surface area (Å²) in [6.07, 6.45) is 3.86. The molecule has 0 atom stereocenters. The minimum atomic E-state index is -0.564. The van der Waals surface area contributed by atoms with Crippen molar-refractivity contribution in [2.24, 2.45) is 0 Å². The van der Waals surface area contributed by atoms with Gasteiger partial charge in [0.05, 0.1) is 11.4 Å². The molecule has 5 nitrogen and oxygen atoms in total. The van der Waals surface area contributed by atoms with Gasteiger partial charge in [0, 0.05) is 23.7 Å². The summed E-state index contributed by atoms with van der Waals surface area (Å²) in [4.78, 5) is 16.3. The Bertz CT molecular complexity index is 1230. The molecule has 0 spiro atoms. The zero-order chi connectivity index (χ0) is 22.3. The van der Waals surface area contributed by atoms with Crippen molar-refractivity contribution >= 4 is 12.0 Å². The van der Waals surface area contributed by atoms with Gasteiger partial charge in [0.15, 0.2) is 0 Å².